The molecule has 6 heteroatoms. The fourth-order valence-electron chi connectivity index (χ4n) is 2.62. The second kappa shape index (κ2) is 6.77. The highest BCUT2D eigenvalue weighted by Crippen LogP contribution is 2.29. The number of benzene rings is 1. The van der Waals surface area contributed by atoms with Crippen LogP contribution in [0.4, 0.5) is 4.79 Å². The van der Waals surface area contributed by atoms with Crippen LogP contribution in [0.3, 0.4) is 0 Å². The summed E-state index contributed by atoms with van der Waals surface area (Å²) in [6.07, 6.45) is -0.271. The van der Waals surface area contributed by atoms with Crippen molar-refractivity contribution in [3.63, 3.8) is 0 Å². The van der Waals surface area contributed by atoms with E-state index in [2.05, 4.69) is 21.2 Å². The minimum absolute atomic E-state index is 0.0195. The van der Waals surface area contributed by atoms with Crippen molar-refractivity contribution in [3.8, 4) is 0 Å². The summed E-state index contributed by atoms with van der Waals surface area (Å²) < 4.78 is 6.43. The summed E-state index contributed by atoms with van der Waals surface area (Å²) in [6.45, 7) is 9.01. The molecule has 1 aliphatic rings. The maximum atomic E-state index is 12.4. The Morgan fingerprint density at radius 1 is 1.41 bits per heavy atom. The van der Waals surface area contributed by atoms with E-state index in [-0.39, 0.29) is 18.2 Å². The monoisotopic (exact) mass is 388 g/mol. The molecule has 0 spiro atoms. The van der Waals surface area contributed by atoms with Crippen molar-refractivity contribution >= 4 is 33.6 Å². The summed E-state index contributed by atoms with van der Waals surface area (Å²) in [7, 11) is 0. The lowest BCUT2D eigenvalue weighted by Crippen LogP contribution is -2.55. The second-order valence-corrected chi connectivity index (χ2v) is 7.90. The molecule has 1 fully saturated rings. The molecule has 1 saturated heterocycles. The summed E-state index contributed by atoms with van der Waals surface area (Å²) in [5, 5.41) is 4.13. The third kappa shape index (κ3) is 4.37. The van der Waals surface area contributed by atoms with E-state index in [4.69, 9.17) is 16.3 Å². The molecule has 122 valence electrons. The molecule has 4 nitrogen and oxygen atoms in total. The zero-order valence-electron chi connectivity index (χ0n) is 13.3. The molecule has 1 N–H and O–H groups in total. The topological polar surface area (TPSA) is 41.6 Å². The van der Waals surface area contributed by atoms with Crippen LogP contribution in [0.1, 0.15) is 39.3 Å². The summed E-state index contributed by atoms with van der Waals surface area (Å²) in [5.74, 6) is 0. The molecule has 0 bridgehead atoms. The Morgan fingerprint density at radius 2 is 2.09 bits per heavy atom. The first-order valence-electron chi connectivity index (χ1n) is 7.36. The van der Waals surface area contributed by atoms with Crippen molar-refractivity contribution in [2.24, 2.45) is 0 Å². The predicted octanol–water partition coefficient (Wildman–Crippen LogP) is 4.37. The first kappa shape index (κ1) is 17.6. The smallest absolute Gasteiger partial charge is 0.410 e. The van der Waals surface area contributed by atoms with Crippen LogP contribution in [0.15, 0.2) is 22.7 Å². The van der Waals surface area contributed by atoms with Gasteiger partial charge < -0.3 is 15.0 Å². The van der Waals surface area contributed by atoms with E-state index < -0.39 is 5.60 Å². The Bertz CT molecular complexity index is 539. The minimum atomic E-state index is -0.490. The van der Waals surface area contributed by atoms with E-state index in [0.717, 1.165) is 16.6 Å². The molecule has 2 atom stereocenters. The van der Waals surface area contributed by atoms with Crippen molar-refractivity contribution in [1.82, 2.24) is 10.2 Å². The number of amides is 1. The van der Waals surface area contributed by atoms with Gasteiger partial charge in [-0.3, -0.25) is 0 Å². The highest BCUT2D eigenvalue weighted by molar-refractivity contribution is 9.10. The van der Waals surface area contributed by atoms with Crippen LogP contribution in [0.2, 0.25) is 5.02 Å². The van der Waals surface area contributed by atoms with Gasteiger partial charge in [0, 0.05) is 22.6 Å². The van der Waals surface area contributed by atoms with Crippen molar-refractivity contribution in [2.45, 2.75) is 45.4 Å². The predicted molar refractivity (Wildman–Crippen MR) is 92.3 cm³/mol. The van der Waals surface area contributed by atoms with Crippen molar-refractivity contribution in [3.05, 3.63) is 33.3 Å². The van der Waals surface area contributed by atoms with Crippen LogP contribution in [0.25, 0.3) is 0 Å². The maximum Gasteiger partial charge on any atom is 0.410 e. The summed E-state index contributed by atoms with van der Waals surface area (Å²) in [5.41, 5.74) is 0.566. The van der Waals surface area contributed by atoms with Crippen molar-refractivity contribution in [1.29, 1.82) is 0 Å². The van der Waals surface area contributed by atoms with Gasteiger partial charge >= 0.3 is 6.09 Å². The van der Waals surface area contributed by atoms with Gasteiger partial charge in [-0.2, -0.15) is 0 Å². The average Bonchev–Trinajstić information content (AvgIpc) is 2.35. The molecule has 1 aromatic rings. The normalized spacial score (nSPS) is 22.5. The van der Waals surface area contributed by atoms with E-state index in [0.29, 0.717) is 11.6 Å². The molecule has 22 heavy (non-hydrogen) atoms. The molecule has 1 amide bonds. The molecule has 1 aliphatic heterocycles. The van der Waals surface area contributed by atoms with Crippen LogP contribution in [0.5, 0.6) is 0 Å². The number of rotatable bonds is 1. The van der Waals surface area contributed by atoms with E-state index in [1.165, 1.54) is 0 Å². The van der Waals surface area contributed by atoms with Gasteiger partial charge in [0.05, 0.1) is 12.1 Å². The average molecular weight is 390 g/mol. The standard InChI is InChI=1S/C16H22BrClN2O2/c1-10-14(11-7-12(17)9-13(18)8-11)19-5-6-20(10)15(21)22-16(2,3)4/h7-10,14,19H,5-6H2,1-4H3/t10-,14-/m0/s1. The molecule has 1 heterocycles. The number of nitrogens with zero attached hydrogens (tertiary/aromatic N) is 1. The number of carbonyl (C=O) groups excluding carboxylic acids is 1. The molecule has 2 rings (SSSR count). The SMILES string of the molecule is C[C@H]1[C@@H](c2cc(Cl)cc(Br)c2)NCCN1C(=O)OC(C)(C)C. The van der Waals surface area contributed by atoms with E-state index in [9.17, 15) is 4.79 Å². The number of nitrogens with one attached hydrogen (secondary N) is 1. The fourth-order valence-corrected chi connectivity index (χ4v) is 3.51. The lowest BCUT2D eigenvalue weighted by atomic mass is 9.97. The first-order chi connectivity index (χ1) is 10.2. The molecule has 0 radical (unpaired) electrons. The Hall–Kier alpha value is -0.780. The van der Waals surface area contributed by atoms with Crippen molar-refractivity contribution < 1.29 is 9.53 Å². The zero-order valence-corrected chi connectivity index (χ0v) is 15.7. The Morgan fingerprint density at radius 3 is 2.68 bits per heavy atom. The number of hydrogen-bond acceptors (Lipinski definition) is 3. The number of carbonyl (C=O) groups is 1. The van der Waals surface area contributed by atoms with E-state index in [1.807, 2.05) is 45.9 Å². The first-order valence-corrected chi connectivity index (χ1v) is 8.53. The highest BCUT2D eigenvalue weighted by Gasteiger charge is 2.34. The lowest BCUT2D eigenvalue weighted by molar-refractivity contribution is 0.00810. The number of halogens is 2. The molecular weight excluding hydrogens is 368 g/mol. The highest BCUT2D eigenvalue weighted by atomic mass is 79.9. The number of ether oxygens (including phenoxy) is 1. The number of hydrogen-bond donors (Lipinski definition) is 1. The van der Waals surface area contributed by atoms with Crippen LogP contribution < -0.4 is 5.32 Å². The van der Waals surface area contributed by atoms with Gasteiger partial charge in [-0.15, -0.1) is 0 Å². The fraction of sp³-hybridized carbons (Fsp3) is 0.562. The molecule has 0 saturated carbocycles. The van der Waals surface area contributed by atoms with Crippen LogP contribution in [-0.4, -0.2) is 35.7 Å². The van der Waals surface area contributed by atoms with Gasteiger partial charge in [0.15, 0.2) is 0 Å². The quantitative estimate of drug-likeness (QED) is 0.775. The molecule has 1 aromatic carbocycles. The molecular formula is C16H22BrClN2O2. The van der Waals surface area contributed by atoms with E-state index >= 15 is 0 Å². The molecule has 0 unspecified atom stereocenters. The Balaban J connectivity index is 2.19. The molecule has 0 aliphatic carbocycles. The van der Waals surface area contributed by atoms with Crippen LogP contribution in [-0.2, 0) is 4.74 Å². The van der Waals surface area contributed by atoms with E-state index in [1.54, 1.807) is 4.90 Å². The zero-order chi connectivity index (χ0) is 16.5. The maximum absolute atomic E-state index is 12.4. The van der Waals surface area contributed by atoms with Gasteiger partial charge in [0.1, 0.15) is 5.60 Å². The minimum Gasteiger partial charge on any atom is -0.444 e. The largest absolute Gasteiger partial charge is 0.444 e. The lowest BCUT2D eigenvalue weighted by Gasteiger charge is -2.40. The third-order valence-electron chi connectivity index (χ3n) is 3.56. The van der Waals surface area contributed by atoms with Gasteiger partial charge in [0.25, 0.3) is 0 Å². The van der Waals surface area contributed by atoms with Gasteiger partial charge in [-0.25, -0.2) is 4.79 Å². The van der Waals surface area contributed by atoms with Gasteiger partial charge in [-0.1, -0.05) is 27.5 Å². The van der Waals surface area contributed by atoms with Crippen molar-refractivity contribution in [2.75, 3.05) is 13.1 Å². The Kier molecular flexibility index (Phi) is 5.41. The summed E-state index contributed by atoms with van der Waals surface area (Å²) in [6, 6.07) is 5.81. The third-order valence-corrected chi connectivity index (χ3v) is 4.24. The Labute approximate surface area is 145 Å². The second-order valence-electron chi connectivity index (χ2n) is 6.55. The molecule has 0 aromatic heterocycles. The summed E-state index contributed by atoms with van der Waals surface area (Å²) >= 11 is 9.61. The number of piperazine rings is 1. The van der Waals surface area contributed by atoms with Crippen LogP contribution in [0, 0.1) is 0 Å². The summed E-state index contributed by atoms with van der Waals surface area (Å²) in [4.78, 5) is 14.2. The van der Waals surface area contributed by atoms with Crippen LogP contribution >= 0.6 is 27.5 Å². The van der Waals surface area contributed by atoms with Gasteiger partial charge in [0.2, 0.25) is 0 Å². The van der Waals surface area contributed by atoms with Gasteiger partial charge in [-0.05, 0) is 51.5 Å².